The number of benzene rings is 1. The van der Waals surface area contributed by atoms with Crippen LogP contribution in [0.3, 0.4) is 0 Å². The lowest BCUT2D eigenvalue weighted by Gasteiger charge is -2.38. The number of carbonyl (C=O) groups is 1. The van der Waals surface area contributed by atoms with Crippen LogP contribution in [0.5, 0.6) is 0 Å². The molecule has 136 valence electrons. The Labute approximate surface area is 136 Å². The van der Waals surface area contributed by atoms with Crippen LogP contribution in [0.4, 0.5) is 50.0 Å². The molecule has 0 saturated carbocycles. The number of halogens is 10. The molecule has 24 heavy (non-hydrogen) atoms. The maximum Gasteiger partial charge on any atom is 0.429 e. The Balaban J connectivity index is 3.28. The van der Waals surface area contributed by atoms with Gasteiger partial charge in [-0.15, -0.1) is 0 Å². The summed E-state index contributed by atoms with van der Waals surface area (Å²) in [4.78, 5) is 11.4. The van der Waals surface area contributed by atoms with E-state index in [-0.39, 0.29) is 15.5 Å². The highest BCUT2D eigenvalue weighted by Crippen LogP contribution is 2.52. The zero-order valence-electron chi connectivity index (χ0n) is 11.0. The summed E-state index contributed by atoms with van der Waals surface area (Å²) in [5.41, 5.74) is -6.76. The van der Waals surface area contributed by atoms with Gasteiger partial charge in [-0.25, -0.2) is 4.79 Å². The van der Waals surface area contributed by atoms with Crippen molar-refractivity contribution >= 4 is 27.6 Å². The van der Waals surface area contributed by atoms with Crippen molar-refractivity contribution in [3.63, 3.8) is 0 Å². The van der Waals surface area contributed by atoms with Gasteiger partial charge in [0.15, 0.2) is 0 Å². The molecule has 1 rings (SSSR count). The number of hydrogen-bond donors (Lipinski definition) is 2. The summed E-state index contributed by atoms with van der Waals surface area (Å²) in [6.45, 7) is 0. The van der Waals surface area contributed by atoms with Gasteiger partial charge in [0, 0.05) is 4.47 Å². The van der Waals surface area contributed by atoms with Crippen molar-refractivity contribution in [2.45, 2.75) is 24.1 Å². The predicted octanol–water partition coefficient (Wildman–Crippen LogP) is 5.00. The highest BCUT2D eigenvalue weighted by molar-refractivity contribution is 9.10. The van der Waals surface area contributed by atoms with E-state index in [1.54, 1.807) is 0 Å². The van der Waals surface area contributed by atoms with Crippen LogP contribution in [0.1, 0.15) is 0 Å². The first-order valence-electron chi connectivity index (χ1n) is 5.67. The van der Waals surface area contributed by atoms with Crippen LogP contribution in [0.25, 0.3) is 0 Å². The summed E-state index contributed by atoms with van der Waals surface area (Å²) < 4.78 is 114. The molecule has 0 unspecified atom stereocenters. The maximum atomic E-state index is 12.7. The second kappa shape index (κ2) is 6.33. The number of hydrogen-bond acceptors (Lipinski definition) is 1. The first kappa shape index (κ1) is 20.4. The number of anilines is 1. The van der Waals surface area contributed by atoms with Crippen molar-refractivity contribution in [2.24, 2.45) is 0 Å². The van der Waals surface area contributed by atoms with Gasteiger partial charge >= 0.3 is 30.1 Å². The van der Waals surface area contributed by atoms with Crippen LogP contribution >= 0.6 is 15.9 Å². The molecule has 2 amide bonds. The van der Waals surface area contributed by atoms with Crippen LogP contribution in [0.15, 0.2) is 28.7 Å². The minimum absolute atomic E-state index is 0.0198. The zero-order valence-corrected chi connectivity index (χ0v) is 12.6. The third kappa shape index (κ3) is 3.70. The Bertz CT molecular complexity index is 573. The van der Waals surface area contributed by atoms with Gasteiger partial charge in [0.05, 0.1) is 5.69 Å². The average molecular weight is 433 g/mol. The molecule has 0 atom stereocenters. The van der Waals surface area contributed by atoms with E-state index < -0.39 is 30.1 Å². The fourth-order valence-corrected chi connectivity index (χ4v) is 1.97. The molecule has 3 nitrogen and oxygen atoms in total. The van der Waals surface area contributed by atoms with Crippen molar-refractivity contribution in [2.75, 3.05) is 5.32 Å². The summed E-state index contributed by atoms with van der Waals surface area (Å²) in [6.07, 6.45) is -20.6. The van der Waals surface area contributed by atoms with Gasteiger partial charge in [0.1, 0.15) is 0 Å². The summed E-state index contributed by atoms with van der Waals surface area (Å²) >= 11 is 2.81. The van der Waals surface area contributed by atoms with Crippen molar-refractivity contribution in [1.82, 2.24) is 5.32 Å². The molecule has 0 aliphatic rings. The molecule has 0 heterocycles. The fraction of sp³-hybridized carbons (Fsp3) is 0.364. The van der Waals surface area contributed by atoms with Gasteiger partial charge in [-0.3, -0.25) is 0 Å². The summed E-state index contributed by atoms with van der Waals surface area (Å²) in [5.74, 6) is 0. The van der Waals surface area contributed by atoms with Crippen molar-refractivity contribution < 1.29 is 44.3 Å². The van der Waals surface area contributed by atoms with E-state index in [4.69, 9.17) is 0 Å². The van der Waals surface area contributed by atoms with E-state index in [1.807, 2.05) is 0 Å². The summed E-state index contributed by atoms with van der Waals surface area (Å²) in [6, 6.07) is 2.58. The smallest absolute Gasteiger partial charge is 0.308 e. The molecule has 0 aromatic heterocycles. The van der Waals surface area contributed by atoms with Crippen LogP contribution in [-0.2, 0) is 0 Å². The first-order valence-corrected chi connectivity index (χ1v) is 6.46. The van der Waals surface area contributed by atoms with Gasteiger partial charge in [0.25, 0.3) is 0 Å². The highest BCUT2D eigenvalue weighted by Gasteiger charge is 2.84. The molecule has 0 fully saturated rings. The molecule has 0 spiro atoms. The third-order valence-electron chi connectivity index (χ3n) is 2.70. The minimum Gasteiger partial charge on any atom is -0.308 e. The number of nitrogens with one attached hydrogen (secondary N) is 2. The molecule has 2 N–H and O–H groups in total. The largest absolute Gasteiger partial charge is 0.429 e. The SMILES string of the molecule is O=C(Nc1ccccc1Br)NC(C(F)(F)F)(C(F)(F)F)C(F)(F)F. The van der Waals surface area contributed by atoms with Crippen molar-refractivity contribution in [1.29, 1.82) is 0 Å². The minimum atomic E-state index is -6.88. The summed E-state index contributed by atoms with van der Waals surface area (Å²) in [5, 5.41) is 1.47. The van der Waals surface area contributed by atoms with E-state index in [2.05, 4.69) is 15.9 Å². The number of para-hydroxylation sites is 1. The average Bonchev–Trinajstić information content (AvgIpc) is 2.34. The van der Waals surface area contributed by atoms with Crippen molar-refractivity contribution in [3.8, 4) is 0 Å². The lowest BCUT2D eigenvalue weighted by Crippen LogP contribution is -2.75. The Morgan fingerprint density at radius 2 is 1.25 bits per heavy atom. The molecule has 0 bridgehead atoms. The normalized spacial score (nSPS) is 13.6. The third-order valence-corrected chi connectivity index (χ3v) is 3.39. The Kier molecular flexibility index (Phi) is 5.38. The van der Waals surface area contributed by atoms with Gasteiger partial charge in [-0.2, -0.15) is 39.5 Å². The van der Waals surface area contributed by atoms with Gasteiger partial charge in [-0.05, 0) is 28.1 Å². The predicted molar refractivity (Wildman–Crippen MR) is 67.2 cm³/mol. The van der Waals surface area contributed by atoms with Crippen LogP contribution < -0.4 is 10.6 Å². The Morgan fingerprint density at radius 3 is 1.62 bits per heavy atom. The fourth-order valence-electron chi connectivity index (χ4n) is 1.58. The molecule has 0 aliphatic carbocycles. The molecule has 13 heteroatoms. The number of alkyl halides is 9. The van der Waals surface area contributed by atoms with E-state index in [1.165, 1.54) is 23.5 Å². The highest BCUT2D eigenvalue weighted by atomic mass is 79.9. The quantitative estimate of drug-likeness (QED) is 0.634. The molecule has 1 aromatic rings. The number of carbonyl (C=O) groups excluding carboxylic acids is 1. The number of urea groups is 1. The first-order chi connectivity index (χ1) is 10.6. The maximum absolute atomic E-state index is 12.7. The lowest BCUT2D eigenvalue weighted by molar-refractivity contribution is -0.386. The van der Waals surface area contributed by atoms with Crippen LogP contribution in [0.2, 0.25) is 0 Å². The molecular formula is C11H6BrF9N2O. The van der Waals surface area contributed by atoms with Crippen molar-refractivity contribution in [3.05, 3.63) is 28.7 Å². The number of amides is 2. The van der Waals surface area contributed by atoms with Gasteiger partial charge in [0.2, 0.25) is 0 Å². The second-order valence-corrected chi connectivity index (χ2v) is 5.16. The Morgan fingerprint density at radius 1 is 0.833 bits per heavy atom. The van der Waals surface area contributed by atoms with Gasteiger partial charge < -0.3 is 10.6 Å². The zero-order chi connectivity index (χ0) is 19.0. The van der Waals surface area contributed by atoms with E-state index >= 15 is 0 Å². The van der Waals surface area contributed by atoms with E-state index in [9.17, 15) is 44.3 Å². The summed E-state index contributed by atoms with van der Waals surface area (Å²) in [7, 11) is 0. The Hall–Kier alpha value is -1.66. The topological polar surface area (TPSA) is 41.1 Å². The van der Waals surface area contributed by atoms with Crippen LogP contribution in [0, 0.1) is 0 Å². The van der Waals surface area contributed by atoms with Gasteiger partial charge in [-0.1, -0.05) is 12.1 Å². The standard InChI is InChI=1S/C11H6BrF9N2O/c12-5-3-1-2-4-6(5)22-7(24)23-8(9(13,14)15,10(16,17)18)11(19,20)21/h1-4H,(H2,22,23,24). The van der Waals surface area contributed by atoms with Crippen LogP contribution in [-0.4, -0.2) is 30.1 Å². The monoisotopic (exact) mass is 432 g/mol. The number of rotatable bonds is 2. The molecule has 0 saturated heterocycles. The molecule has 0 radical (unpaired) electrons. The molecular weight excluding hydrogens is 427 g/mol. The molecule has 1 aromatic carbocycles. The van der Waals surface area contributed by atoms with E-state index in [0.29, 0.717) is 0 Å². The lowest BCUT2D eigenvalue weighted by atomic mass is 9.97. The molecule has 0 aliphatic heterocycles. The second-order valence-electron chi connectivity index (χ2n) is 4.30. The van der Waals surface area contributed by atoms with E-state index in [0.717, 1.165) is 6.07 Å².